The topological polar surface area (TPSA) is 63.2 Å². The minimum Gasteiger partial charge on any atom is -0.458 e. The van der Waals surface area contributed by atoms with Crippen molar-refractivity contribution in [1.29, 1.82) is 0 Å². The van der Waals surface area contributed by atoms with E-state index >= 15 is 0 Å². The Kier molecular flexibility index (Phi) is 5.64. The summed E-state index contributed by atoms with van der Waals surface area (Å²) < 4.78 is 30.9. The zero-order chi connectivity index (χ0) is 20.9. The minimum atomic E-state index is -0.630. The van der Waals surface area contributed by atoms with Gasteiger partial charge in [0.1, 0.15) is 11.7 Å². The first-order valence-electron chi connectivity index (χ1n) is 11.2. The molecule has 0 bridgehead atoms. The zero-order valence-electron chi connectivity index (χ0n) is 18.5. The highest BCUT2D eigenvalue weighted by Crippen LogP contribution is 2.64. The Morgan fingerprint density at radius 1 is 1.21 bits per heavy atom. The van der Waals surface area contributed by atoms with Crippen LogP contribution in [0.25, 0.3) is 0 Å². The first-order chi connectivity index (χ1) is 13.7. The van der Waals surface area contributed by atoms with Gasteiger partial charge in [0.05, 0.1) is 19.8 Å². The normalized spacial score (nSPS) is 39.9. The fourth-order valence-electron chi connectivity index (χ4n) is 6.47. The number of carbonyl (C=O) groups is 1. The molecular formula is C22H35BO6. The SMILES string of the molecule is CCB1OC[C@@]2(O1)C(C1OCCCO1)=C[C@@H](OC(C)=O)[C@H]1C(C)(C)CCC[C@@]12C. The number of fused-ring (bicyclic) bond motifs is 2. The van der Waals surface area contributed by atoms with Crippen molar-refractivity contribution in [2.45, 2.75) is 84.6 Å². The lowest BCUT2D eigenvalue weighted by Crippen LogP contribution is -2.66. The molecule has 6 nitrogen and oxygen atoms in total. The van der Waals surface area contributed by atoms with Gasteiger partial charge in [-0.25, -0.2) is 0 Å². The minimum absolute atomic E-state index is 0.00405. The molecule has 0 amide bonds. The van der Waals surface area contributed by atoms with E-state index in [1.165, 1.54) is 6.92 Å². The Morgan fingerprint density at radius 3 is 2.55 bits per heavy atom. The molecule has 2 aliphatic carbocycles. The highest BCUT2D eigenvalue weighted by atomic mass is 16.7. The van der Waals surface area contributed by atoms with Gasteiger partial charge in [-0.15, -0.1) is 0 Å². The van der Waals surface area contributed by atoms with Crippen LogP contribution in [0.5, 0.6) is 0 Å². The summed E-state index contributed by atoms with van der Waals surface area (Å²) in [4.78, 5) is 12.0. The fourth-order valence-corrected chi connectivity index (χ4v) is 6.47. The molecule has 162 valence electrons. The van der Waals surface area contributed by atoms with Gasteiger partial charge in [-0.05, 0) is 37.1 Å². The Morgan fingerprint density at radius 2 is 1.93 bits per heavy atom. The van der Waals surface area contributed by atoms with Crippen molar-refractivity contribution in [3.8, 4) is 0 Å². The largest absolute Gasteiger partial charge is 0.458 e. The van der Waals surface area contributed by atoms with Gasteiger partial charge in [-0.3, -0.25) is 4.79 Å². The number of hydrogen-bond acceptors (Lipinski definition) is 6. The molecule has 0 aromatic carbocycles. The van der Waals surface area contributed by atoms with E-state index in [9.17, 15) is 4.79 Å². The van der Waals surface area contributed by atoms with Crippen LogP contribution in [0.4, 0.5) is 0 Å². The average Bonchev–Trinajstić information content (AvgIpc) is 3.10. The zero-order valence-corrected chi connectivity index (χ0v) is 18.5. The first kappa shape index (κ1) is 21.4. The van der Waals surface area contributed by atoms with Crippen LogP contribution in [0.1, 0.15) is 60.3 Å². The summed E-state index contributed by atoms with van der Waals surface area (Å²) in [5.41, 5.74) is 0.0575. The molecular weight excluding hydrogens is 371 g/mol. The van der Waals surface area contributed by atoms with Crippen molar-refractivity contribution in [3.05, 3.63) is 11.6 Å². The quantitative estimate of drug-likeness (QED) is 0.404. The summed E-state index contributed by atoms with van der Waals surface area (Å²) in [5, 5.41) is 0. The predicted octanol–water partition coefficient (Wildman–Crippen LogP) is 3.75. The highest BCUT2D eigenvalue weighted by molar-refractivity contribution is 6.45. The third-order valence-electron chi connectivity index (χ3n) is 7.63. The number of ether oxygens (including phenoxy) is 3. The van der Waals surface area contributed by atoms with Crippen LogP contribution < -0.4 is 0 Å². The summed E-state index contributed by atoms with van der Waals surface area (Å²) in [7, 11) is -0.241. The molecule has 0 unspecified atom stereocenters. The van der Waals surface area contributed by atoms with E-state index in [1.54, 1.807) is 0 Å². The molecule has 29 heavy (non-hydrogen) atoms. The lowest BCUT2D eigenvalue weighted by atomic mass is 9.46. The van der Waals surface area contributed by atoms with Crippen LogP contribution in [-0.2, 0) is 28.3 Å². The van der Waals surface area contributed by atoms with E-state index in [0.29, 0.717) is 19.8 Å². The molecule has 3 fully saturated rings. The van der Waals surface area contributed by atoms with E-state index in [1.807, 2.05) is 0 Å². The Balaban J connectivity index is 1.86. The smallest absolute Gasteiger partial charge is 0.457 e. The summed E-state index contributed by atoms with van der Waals surface area (Å²) in [6.07, 6.45) is 6.12. The van der Waals surface area contributed by atoms with Gasteiger partial charge >= 0.3 is 13.1 Å². The van der Waals surface area contributed by atoms with Gasteiger partial charge in [-0.2, -0.15) is 0 Å². The van der Waals surface area contributed by atoms with Gasteiger partial charge < -0.3 is 23.5 Å². The summed E-state index contributed by atoms with van der Waals surface area (Å²) >= 11 is 0. The van der Waals surface area contributed by atoms with Crippen LogP contribution in [0.15, 0.2) is 11.6 Å². The van der Waals surface area contributed by atoms with Crippen molar-refractivity contribution in [3.63, 3.8) is 0 Å². The molecule has 2 heterocycles. The van der Waals surface area contributed by atoms with Crippen molar-refractivity contribution in [1.82, 2.24) is 0 Å². The summed E-state index contributed by atoms with van der Waals surface area (Å²) in [6, 6.07) is 0. The van der Waals surface area contributed by atoms with E-state index in [0.717, 1.165) is 37.6 Å². The Bertz CT molecular complexity index is 672. The molecule has 4 atom stereocenters. The van der Waals surface area contributed by atoms with E-state index < -0.39 is 11.9 Å². The molecule has 0 aromatic heterocycles. The second-order valence-corrected chi connectivity index (χ2v) is 9.95. The molecule has 4 aliphatic rings. The van der Waals surface area contributed by atoms with Gasteiger partial charge in [0.15, 0.2) is 6.29 Å². The number of rotatable bonds is 3. The predicted molar refractivity (Wildman–Crippen MR) is 109 cm³/mol. The van der Waals surface area contributed by atoms with Crippen LogP contribution in [0.2, 0.25) is 6.32 Å². The molecule has 1 saturated carbocycles. The molecule has 0 N–H and O–H groups in total. The second kappa shape index (κ2) is 7.67. The maximum absolute atomic E-state index is 12.0. The van der Waals surface area contributed by atoms with Crippen molar-refractivity contribution < 1.29 is 28.3 Å². The average molecular weight is 406 g/mol. The van der Waals surface area contributed by atoms with E-state index in [4.69, 9.17) is 23.5 Å². The second-order valence-electron chi connectivity index (χ2n) is 9.95. The Labute approximate surface area is 174 Å². The molecule has 7 heteroatoms. The maximum Gasteiger partial charge on any atom is 0.457 e. The Hall–Kier alpha value is -0.885. The number of carbonyl (C=O) groups excluding carboxylic acids is 1. The van der Waals surface area contributed by atoms with Gasteiger partial charge in [0.2, 0.25) is 0 Å². The maximum atomic E-state index is 12.0. The van der Waals surface area contributed by atoms with Gasteiger partial charge in [-0.1, -0.05) is 34.1 Å². The fraction of sp³-hybridized carbons (Fsp3) is 0.864. The summed E-state index contributed by atoms with van der Waals surface area (Å²) in [5.74, 6) is -0.134. The van der Waals surface area contributed by atoms with E-state index in [-0.39, 0.29) is 35.9 Å². The van der Waals surface area contributed by atoms with Crippen LogP contribution >= 0.6 is 0 Å². The third-order valence-corrected chi connectivity index (χ3v) is 7.63. The van der Waals surface area contributed by atoms with Crippen molar-refractivity contribution in [2.24, 2.45) is 16.7 Å². The number of hydrogen-bond donors (Lipinski definition) is 0. The van der Waals surface area contributed by atoms with Gasteiger partial charge in [0.25, 0.3) is 0 Å². The molecule has 0 aromatic rings. The molecule has 2 aliphatic heterocycles. The molecule has 2 saturated heterocycles. The lowest BCUT2D eigenvalue weighted by Gasteiger charge is -2.62. The van der Waals surface area contributed by atoms with E-state index in [2.05, 4.69) is 33.8 Å². The van der Waals surface area contributed by atoms with Crippen LogP contribution in [0.3, 0.4) is 0 Å². The lowest BCUT2D eigenvalue weighted by molar-refractivity contribution is -0.209. The van der Waals surface area contributed by atoms with Crippen molar-refractivity contribution >= 4 is 13.1 Å². The van der Waals surface area contributed by atoms with Gasteiger partial charge in [0, 0.05) is 23.8 Å². The highest BCUT2D eigenvalue weighted by Gasteiger charge is 2.68. The monoisotopic (exact) mass is 406 g/mol. The van der Waals surface area contributed by atoms with Crippen LogP contribution in [0, 0.1) is 16.7 Å². The molecule has 1 spiro atoms. The van der Waals surface area contributed by atoms with Crippen LogP contribution in [-0.4, -0.2) is 50.9 Å². The number of esters is 1. The molecule has 0 radical (unpaired) electrons. The molecule has 4 rings (SSSR count). The summed E-state index contributed by atoms with van der Waals surface area (Å²) in [6.45, 7) is 12.2. The standard InChI is InChI=1S/C22H35BO6/c1-6-23-27-14-22(29-23)16(19-25-11-8-12-26-19)13-17(28-15(2)24)18-20(3,4)9-7-10-21(18,22)5/h13,17-19H,6-12,14H2,1-5H3/t17-,18+,21+,22-/m1/s1. The first-order valence-corrected chi connectivity index (χ1v) is 11.2. The van der Waals surface area contributed by atoms with Crippen molar-refractivity contribution in [2.75, 3.05) is 19.8 Å². The third kappa shape index (κ3) is 3.38.